The summed E-state index contributed by atoms with van der Waals surface area (Å²) in [5, 5.41) is 0. The van der Waals surface area contributed by atoms with Crippen LogP contribution >= 0.6 is 7.14 Å². The van der Waals surface area contributed by atoms with E-state index in [0.717, 1.165) is 58.1 Å². The van der Waals surface area contributed by atoms with Gasteiger partial charge in [-0.2, -0.15) is 0 Å². The van der Waals surface area contributed by atoms with Crippen LogP contribution in [-0.2, 0) is 4.57 Å². The fraction of sp³-hybridized carbons (Fsp3) is 1.00. The summed E-state index contributed by atoms with van der Waals surface area (Å²) < 4.78 is 12.6. The predicted molar refractivity (Wildman–Crippen MR) is 56.9 cm³/mol. The van der Waals surface area contributed by atoms with Crippen LogP contribution in [0.4, 0.5) is 0 Å². The van der Waals surface area contributed by atoms with Crippen LogP contribution in [0.2, 0.25) is 0 Å². The van der Waals surface area contributed by atoms with E-state index >= 15 is 0 Å². The standard InChI is InChI=1S/C9H18N3OP/c13-14-7-10-1-2-11(8-14)5-6-12(9-14)4-3-10/h1-9H2. The van der Waals surface area contributed by atoms with Crippen molar-refractivity contribution in [3.05, 3.63) is 0 Å². The summed E-state index contributed by atoms with van der Waals surface area (Å²) >= 11 is 0. The molecule has 0 radical (unpaired) electrons. The molecule has 3 aliphatic rings. The lowest BCUT2D eigenvalue weighted by Gasteiger charge is -2.19. The molecule has 0 aliphatic carbocycles. The lowest BCUT2D eigenvalue weighted by atomic mass is 10.5. The molecule has 0 unspecified atom stereocenters. The predicted octanol–water partition coefficient (Wildman–Crippen LogP) is 0.169. The third-order valence-electron chi connectivity index (χ3n) is 3.57. The molecule has 14 heavy (non-hydrogen) atoms. The van der Waals surface area contributed by atoms with Crippen LogP contribution in [0.25, 0.3) is 0 Å². The lowest BCUT2D eigenvalue weighted by molar-refractivity contribution is 0.277. The maximum atomic E-state index is 12.6. The minimum Gasteiger partial charge on any atom is -0.320 e. The number of nitrogens with zero attached hydrogens (tertiary/aromatic N) is 3. The summed E-state index contributed by atoms with van der Waals surface area (Å²) in [6.45, 7) is 6.74. The van der Waals surface area contributed by atoms with Gasteiger partial charge in [0.15, 0.2) is 0 Å². The lowest BCUT2D eigenvalue weighted by Crippen LogP contribution is -2.31. The molecule has 0 amide bonds. The van der Waals surface area contributed by atoms with Crippen molar-refractivity contribution in [3.63, 3.8) is 0 Å². The highest BCUT2D eigenvalue weighted by molar-refractivity contribution is 7.63. The highest BCUT2D eigenvalue weighted by Crippen LogP contribution is 2.50. The highest BCUT2D eigenvalue weighted by atomic mass is 31.2. The van der Waals surface area contributed by atoms with E-state index in [0.29, 0.717) is 0 Å². The first-order valence-corrected chi connectivity index (χ1v) is 7.74. The first-order chi connectivity index (χ1) is 6.73. The Labute approximate surface area is 85.2 Å². The summed E-state index contributed by atoms with van der Waals surface area (Å²) in [6.07, 6.45) is 2.62. The molecule has 0 aromatic rings. The van der Waals surface area contributed by atoms with Crippen LogP contribution in [0.3, 0.4) is 0 Å². The second-order valence-electron chi connectivity index (χ2n) is 4.84. The van der Waals surface area contributed by atoms with E-state index in [4.69, 9.17) is 0 Å². The zero-order valence-electron chi connectivity index (χ0n) is 8.56. The van der Waals surface area contributed by atoms with Gasteiger partial charge in [0.05, 0.1) is 18.9 Å². The molecular weight excluding hydrogens is 197 g/mol. The molecule has 0 N–H and O–H groups in total. The van der Waals surface area contributed by atoms with Crippen molar-refractivity contribution in [1.29, 1.82) is 0 Å². The van der Waals surface area contributed by atoms with E-state index in [1.807, 2.05) is 0 Å². The molecule has 4 bridgehead atoms. The molecule has 3 fully saturated rings. The SMILES string of the molecule is O=P12CN3CCN(CCN(CC3)C1)C2. The van der Waals surface area contributed by atoms with Crippen LogP contribution in [0.5, 0.6) is 0 Å². The molecular formula is C9H18N3OP. The second kappa shape index (κ2) is 3.31. The van der Waals surface area contributed by atoms with Crippen LogP contribution in [0.15, 0.2) is 0 Å². The first kappa shape index (κ1) is 9.34. The van der Waals surface area contributed by atoms with Gasteiger partial charge < -0.3 is 4.57 Å². The fourth-order valence-electron chi connectivity index (χ4n) is 2.84. The van der Waals surface area contributed by atoms with Gasteiger partial charge in [-0.25, -0.2) is 0 Å². The van der Waals surface area contributed by atoms with Crippen molar-refractivity contribution >= 4 is 7.14 Å². The van der Waals surface area contributed by atoms with Crippen molar-refractivity contribution < 1.29 is 4.57 Å². The normalized spacial score (nSPS) is 52.4. The van der Waals surface area contributed by atoms with E-state index in [1.54, 1.807) is 0 Å². The minimum atomic E-state index is -1.92. The summed E-state index contributed by atoms with van der Waals surface area (Å²) in [4.78, 5) is 7.23. The molecule has 0 aromatic carbocycles. The van der Waals surface area contributed by atoms with Crippen LogP contribution in [-0.4, -0.2) is 72.8 Å². The Balaban J connectivity index is 1.98. The van der Waals surface area contributed by atoms with Crippen molar-refractivity contribution in [2.75, 3.05) is 58.1 Å². The zero-order chi connectivity index (χ0) is 9.60. The van der Waals surface area contributed by atoms with Gasteiger partial charge in [-0.05, 0) is 0 Å². The van der Waals surface area contributed by atoms with Crippen LogP contribution in [0.1, 0.15) is 0 Å². The third-order valence-corrected chi connectivity index (χ3v) is 6.32. The Morgan fingerprint density at radius 1 is 0.643 bits per heavy atom. The summed E-state index contributed by atoms with van der Waals surface area (Å²) in [5.74, 6) is 0. The van der Waals surface area contributed by atoms with Gasteiger partial charge in [-0.15, -0.1) is 0 Å². The Morgan fingerprint density at radius 2 is 0.929 bits per heavy atom. The van der Waals surface area contributed by atoms with Gasteiger partial charge in [-0.1, -0.05) is 0 Å². The molecule has 3 rings (SSSR count). The van der Waals surface area contributed by atoms with Crippen molar-refractivity contribution in [2.24, 2.45) is 0 Å². The minimum absolute atomic E-state index is 0.875. The molecule has 3 aliphatic heterocycles. The van der Waals surface area contributed by atoms with E-state index in [-0.39, 0.29) is 0 Å². The first-order valence-electron chi connectivity index (χ1n) is 5.48. The monoisotopic (exact) mass is 215 g/mol. The van der Waals surface area contributed by atoms with E-state index in [1.165, 1.54) is 0 Å². The number of hydrogen-bond acceptors (Lipinski definition) is 4. The molecule has 5 heteroatoms. The quantitative estimate of drug-likeness (QED) is 0.538. The number of hydrogen-bond donors (Lipinski definition) is 0. The summed E-state index contributed by atoms with van der Waals surface area (Å²) in [6, 6.07) is 0. The average molecular weight is 215 g/mol. The Morgan fingerprint density at radius 3 is 1.21 bits per heavy atom. The van der Waals surface area contributed by atoms with E-state index < -0.39 is 7.14 Å². The van der Waals surface area contributed by atoms with Crippen molar-refractivity contribution in [1.82, 2.24) is 14.7 Å². The van der Waals surface area contributed by atoms with E-state index in [2.05, 4.69) is 14.7 Å². The Bertz CT molecular complexity index is 228. The molecule has 0 atom stereocenters. The number of fused-ring (bicyclic) bond motifs is 3. The summed E-state index contributed by atoms with van der Waals surface area (Å²) in [5.41, 5.74) is 0. The highest BCUT2D eigenvalue weighted by Gasteiger charge is 2.37. The Hall–Kier alpha value is 0.110. The van der Waals surface area contributed by atoms with Crippen LogP contribution < -0.4 is 0 Å². The molecule has 0 saturated carbocycles. The smallest absolute Gasteiger partial charge is 0.127 e. The molecule has 3 heterocycles. The maximum Gasteiger partial charge on any atom is 0.127 e. The molecule has 4 nitrogen and oxygen atoms in total. The molecule has 3 saturated heterocycles. The molecule has 0 aromatic heterocycles. The second-order valence-corrected chi connectivity index (χ2v) is 7.80. The zero-order valence-corrected chi connectivity index (χ0v) is 9.46. The van der Waals surface area contributed by atoms with Crippen molar-refractivity contribution in [3.8, 4) is 0 Å². The Kier molecular flexibility index (Phi) is 2.21. The third kappa shape index (κ3) is 1.65. The number of rotatable bonds is 0. The van der Waals surface area contributed by atoms with Gasteiger partial charge in [0.2, 0.25) is 0 Å². The molecule has 0 spiro atoms. The fourth-order valence-corrected chi connectivity index (χ4v) is 6.14. The van der Waals surface area contributed by atoms with Crippen LogP contribution in [0, 0.1) is 0 Å². The average Bonchev–Trinajstić information content (AvgIpc) is 2.44. The van der Waals surface area contributed by atoms with E-state index in [9.17, 15) is 4.57 Å². The van der Waals surface area contributed by atoms with Gasteiger partial charge >= 0.3 is 0 Å². The molecule has 80 valence electrons. The van der Waals surface area contributed by atoms with Gasteiger partial charge in [0.1, 0.15) is 7.14 Å². The maximum absolute atomic E-state index is 12.6. The van der Waals surface area contributed by atoms with Gasteiger partial charge in [-0.3, -0.25) is 14.7 Å². The largest absolute Gasteiger partial charge is 0.320 e. The summed E-state index contributed by atoms with van der Waals surface area (Å²) in [7, 11) is -1.92. The van der Waals surface area contributed by atoms with Gasteiger partial charge in [0, 0.05) is 39.3 Å². The van der Waals surface area contributed by atoms with Crippen molar-refractivity contribution in [2.45, 2.75) is 0 Å². The van der Waals surface area contributed by atoms with Gasteiger partial charge in [0.25, 0.3) is 0 Å². The topological polar surface area (TPSA) is 26.8 Å².